The highest BCUT2D eigenvalue weighted by molar-refractivity contribution is 5.38. The molecular formula is C22H26O. The Hall–Kier alpha value is -2.20. The van der Waals surface area contributed by atoms with Gasteiger partial charge in [-0.15, -0.1) is 5.92 Å². The van der Waals surface area contributed by atoms with Gasteiger partial charge in [-0.3, -0.25) is 0 Å². The summed E-state index contributed by atoms with van der Waals surface area (Å²) >= 11 is 0. The lowest BCUT2D eigenvalue weighted by Crippen LogP contribution is -2.06. The maximum Gasteiger partial charge on any atom is 0.120 e. The Labute approximate surface area is 140 Å². The fraction of sp³-hybridized carbons (Fsp3) is 0.364. The predicted octanol–water partition coefficient (Wildman–Crippen LogP) is 5.73. The smallest absolute Gasteiger partial charge is 0.120 e. The first-order chi connectivity index (χ1) is 11.1. The van der Waals surface area contributed by atoms with Crippen LogP contribution in [0.25, 0.3) is 0 Å². The maximum absolute atomic E-state index is 5.91. The quantitative estimate of drug-likeness (QED) is 0.641. The Morgan fingerprint density at radius 1 is 1.04 bits per heavy atom. The van der Waals surface area contributed by atoms with Crippen molar-refractivity contribution in [3.8, 4) is 17.6 Å². The molecule has 0 aliphatic rings. The van der Waals surface area contributed by atoms with E-state index in [1.165, 1.54) is 16.7 Å². The summed E-state index contributed by atoms with van der Waals surface area (Å²) in [7, 11) is 0. The normalized spacial score (nSPS) is 12.9. The van der Waals surface area contributed by atoms with Gasteiger partial charge in [-0.2, -0.15) is 0 Å². The van der Waals surface area contributed by atoms with E-state index >= 15 is 0 Å². The van der Waals surface area contributed by atoms with Gasteiger partial charge in [-0.1, -0.05) is 63.1 Å². The largest absolute Gasteiger partial charge is 0.489 e. The molecule has 0 saturated carbocycles. The number of hydrogen-bond acceptors (Lipinski definition) is 1. The molecule has 0 aromatic heterocycles. The minimum atomic E-state index is 0.365. The second-order valence-electron chi connectivity index (χ2n) is 6.04. The van der Waals surface area contributed by atoms with E-state index in [1.807, 2.05) is 18.2 Å². The summed E-state index contributed by atoms with van der Waals surface area (Å²) in [5.74, 6) is 8.25. The molecule has 0 aliphatic heterocycles. The molecular weight excluding hydrogens is 280 g/mol. The SMILES string of the molecule is CCC#CC(C)C(C)c1ccc(OCc2ccccc2)cc1C. The van der Waals surface area contributed by atoms with Crippen LogP contribution in [0.3, 0.4) is 0 Å². The van der Waals surface area contributed by atoms with E-state index in [0.717, 1.165) is 12.2 Å². The van der Waals surface area contributed by atoms with Gasteiger partial charge in [0.15, 0.2) is 0 Å². The van der Waals surface area contributed by atoms with Crippen molar-refractivity contribution in [2.45, 2.75) is 46.6 Å². The molecule has 0 bridgehead atoms. The molecule has 0 fully saturated rings. The van der Waals surface area contributed by atoms with Crippen molar-refractivity contribution in [3.05, 3.63) is 65.2 Å². The number of benzene rings is 2. The van der Waals surface area contributed by atoms with E-state index in [4.69, 9.17) is 4.74 Å². The zero-order valence-corrected chi connectivity index (χ0v) is 14.6. The minimum absolute atomic E-state index is 0.365. The van der Waals surface area contributed by atoms with Crippen LogP contribution in [-0.4, -0.2) is 0 Å². The molecule has 2 unspecified atom stereocenters. The summed E-state index contributed by atoms with van der Waals surface area (Å²) in [6.45, 7) is 9.30. The predicted molar refractivity (Wildman–Crippen MR) is 97.6 cm³/mol. The van der Waals surface area contributed by atoms with Crippen LogP contribution in [-0.2, 0) is 6.61 Å². The van der Waals surface area contributed by atoms with Gasteiger partial charge in [-0.25, -0.2) is 0 Å². The lowest BCUT2D eigenvalue weighted by molar-refractivity contribution is 0.306. The number of rotatable bonds is 5. The summed E-state index contributed by atoms with van der Waals surface area (Å²) in [5, 5.41) is 0. The van der Waals surface area contributed by atoms with Crippen molar-refractivity contribution >= 4 is 0 Å². The summed E-state index contributed by atoms with van der Waals surface area (Å²) in [6.07, 6.45) is 0.919. The third-order valence-electron chi connectivity index (χ3n) is 4.24. The molecule has 0 N–H and O–H groups in total. The third-order valence-corrected chi connectivity index (χ3v) is 4.24. The van der Waals surface area contributed by atoms with Crippen LogP contribution in [0.2, 0.25) is 0 Å². The number of ether oxygens (including phenoxy) is 1. The van der Waals surface area contributed by atoms with Crippen LogP contribution >= 0.6 is 0 Å². The second-order valence-corrected chi connectivity index (χ2v) is 6.04. The lowest BCUT2D eigenvalue weighted by atomic mass is 9.86. The van der Waals surface area contributed by atoms with Gasteiger partial charge in [-0.05, 0) is 41.7 Å². The molecule has 0 radical (unpaired) electrons. The topological polar surface area (TPSA) is 9.23 Å². The molecule has 120 valence electrons. The highest BCUT2D eigenvalue weighted by atomic mass is 16.5. The van der Waals surface area contributed by atoms with Crippen LogP contribution < -0.4 is 4.74 Å². The van der Waals surface area contributed by atoms with Gasteiger partial charge in [0.25, 0.3) is 0 Å². The van der Waals surface area contributed by atoms with Gasteiger partial charge in [0.1, 0.15) is 12.4 Å². The average molecular weight is 306 g/mol. The Bertz CT molecular complexity index is 676. The molecule has 1 heteroatoms. The van der Waals surface area contributed by atoms with Crippen LogP contribution in [0.15, 0.2) is 48.5 Å². The maximum atomic E-state index is 5.91. The summed E-state index contributed by atoms with van der Waals surface area (Å²) < 4.78 is 5.91. The van der Waals surface area contributed by atoms with E-state index in [2.05, 4.69) is 69.9 Å². The monoisotopic (exact) mass is 306 g/mol. The molecule has 0 amide bonds. The van der Waals surface area contributed by atoms with Crippen molar-refractivity contribution in [1.82, 2.24) is 0 Å². The minimum Gasteiger partial charge on any atom is -0.489 e. The number of aryl methyl sites for hydroxylation is 1. The molecule has 2 aromatic carbocycles. The fourth-order valence-electron chi connectivity index (χ4n) is 2.65. The summed E-state index contributed by atoms with van der Waals surface area (Å²) in [6, 6.07) is 16.6. The van der Waals surface area contributed by atoms with Gasteiger partial charge < -0.3 is 4.74 Å². The van der Waals surface area contributed by atoms with Gasteiger partial charge in [0, 0.05) is 12.3 Å². The first-order valence-corrected chi connectivity index (χ1v) is 8.37. The first kappa shape index (κ1) is 17.2. The zero-order chi connectivity index (χ0) is 16.7. The van der Waals surface area contributed by atoms with E-state index in [1.54, 1.807) is 0 Å². The molecule has 2 rings (SSSR count). The second kappa shape index (κ2) is 8.44. The van der Waals surface area contributed by atoms with Crippen LogP contribution in [0.5, 0.6) is 5.75 Å². The number of hydrogen-bond donors (Lipinski definition) is 0. The Balaban J connectivity index is 2.05. The van der Waals surface area contributed by atoms with E-state index < -0.39 is 0 Å². The van der Waals surface area contributed by atoms with E-state index in [9.17, 15) is 0 Å². The lowest BCUT2D eigenvalue weighted by Gasteiger charge is -2.19. The molecule has 0 spiro atoms. The van der Waals surface area contributed by atoms with Crippen LogP contribution in [0, 0.1) is 24.7 Å². The van der Waals surface area contributed by atoms with Crippen molar-refractivity contribution in [3.63, 3.8) is 0 Å². The van der Waals surface area contributed by atoms with Gasteiger partial charge >= 0.3 is 0 Å². The molecule has 0 heterocycles. The Morgan fingerprint density at radius 2 is 1.78 bits per heavy atom. The summed E-state index contributed by atoms with van der Waals surface area (Å²) in [5.41, 5.74) is 3.81. The average Bonchev–Trinajstić information content (AvgIpc) is 2.58. The van der Waals surface area contributed by atoms with Crippen molar-refractivity contribution in [1.29, 1.82) is 0 Å². The molecule has 0 saturated heterocycles. The van der Waals surface area contributed by atoms with E-state index in [0.29, 0.717) is 18.4 Å². The fourth-order valence-corrected chi connectivity index (χ4v) is 2.65. The zero-order valence-electron chi connectivity index (χ0n) is 14.6. The third kappa shape index (κ3) is 4.89. The van der Waals surface area contributed by atoms with Gasteiger partial charge in [0.2, 0.25) is 0 Å². The van der Waals surface area contributed by atoms with E-state index in [-0.39, 0.29) is 0 Å². The summed E-state index contributed by atoms with van der Waals surface area (Å²) in [4.78, 5) is 0. The highest BCUT2D eigenvalue weighted by Crippen LogP contribution is 2.29. The Kier molecular flexibility index (Phi) is 6.29. The van der Waals surface area contributed by atoms with Crippen LogP contribution in [0.4, 0.5) is 0 Å². The van der Waals surface area contributed by atoms with Gasteiger partial charge in [0.05, 0.1) is 0 Å². The molecule has 1 nitrogen and oxygen atoms in total. The van der Waals surface area contributed by atoms with Crippen molar-refractivity contribution in [2.75, 3.05) is 0 Å². The van der Waals surface area contributed by atoms with Crippen LogP contribution in [0.1, 0.15) is 49.8 Å². The Morgan fingerprint density at radius 3 is 2.43 bits per heavy atom. The highest BCUT2D eigenvalue weighted by Gasteiger charge is 2.14. The van der Waals surface area contributed by atoms with Crippen molar-refractivity contribution < 1.29 is 4.74 Å². The molecule has 23 heavy (non-hydrogen) atoms. The first-order valence-electron chi connectivity index (χ1n) is 8.37. The standard InChI is InChI=1S/C22H26O/c1-5-6-10-17(2)19(4)22-14-13-21(15-18(22)3)23-16-20-11-8-7-9-12-20/h7-9,11-15,17,19H,5,16H2,1-4H3. The van der Waals surface area contributed by atoms with Crippen molar-refractivity contribution in [2.24, 2.45) is 5.92 Å². The molecule has 0 aliphatic carbocycles. The molecule has 2 atom stereocenters. The molecule has 2 aromatic rings.